The van der Waals surface area contributed by atoms with Crippen molar-refractivity contribution in [2.45, 2.75) is 46.7 Å². The van der Waals surface area contributed by atoms with Crippen molar-refractivity contribution < 1.29 is 0 Å². The summed E-state index contributed by atoms with van der Waals surface area (Å²) in [5.41, 5.74) is 18.2. The summed E-state index contributed by atoms with van der Waals surface area (Å²) in [7, 11) is 0. The Labute approximate surface area is 210 Å². The summed E-state index contributed by atoms with van der Waals surface area (Å²) >= 11 is 0. The van der Waals surface area contributed by atoms with Crippen molar-refractivity contribution in [1.82, 2.24) is 30.0 Å². The number of benzene rings is 2. The zero-order valence-electron chi connectivity index (χ0n) is 21.3. The van der Waals surface area contributed by atoms with Gasteiger partial charge in [0.1, 0.15) is 30.5 Å². The zero-order chi connectivity index (χ0) is 25.4. The predicted octanol–water partition coefficient (Wildman–Crippen LogP) is 2.88. The van der Waals surface area contributed by atoms with Gasteiger partial charge in [-0.25, -0.2) is 19.3 Å². The number of amidine groups is 2. The van der Waals surface area contributed by atoms with E-state index in [4.69, 9.17) is 16.2 Å². The highest BCUT2D eigenvalue weighted by molar-refractivity contribution is 5.93. The third kappa shape index (κ3) is 4.69. The van der Waals surface area contributed by atoms with E-state index < -0.39 is 0 Å². The number of fused-ring (bicyclic) bond motifs is 2. The van der Waals surface area contributed by atoms with Crippen LogP contribution in [0.4, 0.5) is 0 Å². The number of rotatable bonds is 4. The number of aryl methyl sites for hydroxylation is 4. The first-order valence-electron chi connectivity index (χ1n) is 12.4. The Morgan fingerprint density at radius 1 is 0.972 bits per heavy atom. The van der Waals surface area contributed by atoms with Crippen molar-refractivity contribution >= 4 is 33.7 Å². The van der Waals surface area contributed by atoms with Crippen molar-refractivity contribution in [3.8, 4) is 0 Å². The number of aromatic nitrogens is 4. The van der Waals surface area contributed by atoms with E-state index in [-0.39, 0.29) is 12.1 Å². The molecular weight excluding hydrogens is 452 g/mol. The predicted molar refractivity (Wildman–Crippen MR) is 145 cm³/mol. The molecular formula is C26H34N10. The molecule has 5 rings (SSSR count). The van der Waals surface area contributed by atoms with Gasteiger partial charge >= 0.3 is 0 Å². The molecule has 0 radical (unpaired) electrons. The van der Waals surface area contributed by atoms with Gasteiger partial charge in [-0.2, -0.15) is 5.10 Å². The number of nitrogens with one attached hydrogen (secondary N) is 4. The molecule has 2 atom stereocenters. The summed E-state index contributed by atoms with van der Waals surface area (Å²) in [4.78, 5) is 8.96. The molecule has 0 bridgehead atoms. The Morgan fingerprint density at radius 3 is 2.36 bits per heavy atom. The van der Waals surface area contributed by atoms with Gasteiger partial charge in [0.25, 0.3) is 0 Å². The van der Waals surface area contributed by atoms with Gasteiger partial charge in [0.2, 0.25) is 0 Å². The molecule has 2 aromatic heterocycles. The van der Waals surface area contributed by atoms with Crippen molar-refractivity contribution in [2.24, 2.45) is 16.8 Å². The standard InChI is InChI=1S/C26H34N10/c1-15-8-20-22(10-17(15)3)35(13-31-20)33-24(27)19-6-5-7-29-26(30-12-19)25(28)34-36-14-32-21-9-16(2)18(4)11-23(21)36/h8-11,13-14,19,26,29-30H,5-7,12H2,1-4H3,(H2,27,33)(H2,28,34). The quantitative estimate of drug-likeness (QED) is 0.222. The second kappa shape index (κ2) is 9.71. The van der Waals surface area contributed by atoms with Crippen LogP contribution in [0.15, 0.2) is 42.0 Å². The molecule has 1 aliphatic rings. The lowest BCUT2D eigenvalue weighted by Gasteiger charge is -2.28. The van der Waals surface area contributed by atoms with E-state index in [0.717, 1.165) is 41.5 Å². The second-order valence-corrected chi connectivity index (χ2v) is 9.74. The molecule has 0 amide bonds. The number of imidazole rings is 2. The summed E-state index contributed by atoms with van der Waals surface area (Å²) < 4.78 is 3.57. The molecule has 6 N–H and O–H groups in total. The summed E-state index contributed by atoms with van der Waals surface area (Å²) in [5.74, 6) is 0.924. The average molecular weight is 487 g/mol. The van der Waals surface area contributed by atoms with Gasteiger partial charge in [-0.1, -0.05) is 0 Å². The monoisotopic (exact) mass is 486 g/mol. The molecule has 2 aromatic carbocycles. The van der Waals surface area contributed by atoms with Crippen molar-refractivity contribution in [1.29, 1.82) is 5.41 Å². The third-order valence-electron chi connectivity index (χ3n) is 7.12. The maximum absolute atomic E-state index is 8.70. The normalized spacial score (nSPS) is 19.4. The van der Waals surface area contributed by atoms with Crippen LogP contribution in [0.2, 0.25) is 0 Å². The van der Waals surface area contributed by atoms with E-state index in [0.29, 0.717) is 18.2 Å². The largest absolute Gasteiger partial charge is 0.385 e. The molecule has 0 saturated carbocycles. The summed E-state index contributed by atoms with van der Waals surface area (Å²) in [5, 5.41) is 20.3. The summed E-state index contributed by atoms with van der Waals surface area (Å²) in [6, 6.07) is 8.33. The highest BCUT2D eigenvalue weighted by atomic mass is 15.5. The van der Waals surface area contributed by atoms with E-state index in [9.17, 15) is 0 Å². The first-order valence-corrected chi connectivity index (χ1v) is 12.4. The Hall–Kier alpha value is -3.76. The lowest BCUT2D eigenvalue weighted by Crippen LogP contribution is -2.55. The molecule has 36 heavy (non-hydrogen) atoms. The average Bonchev–Trinajstić information content (AvgIpc) is 3.38. The van der Waals surface area contributed by atoms with E-state index in [2.05, 4.69) is 78.0 Å². The van der Waals surface area contributed by atoms with E-state index >= 15 is 0 Å². The highest BCUT2D eigenvalue weighted by Gasteiger charge is 2.22. The molecule has 188 valence electrons. The van der Waals surface area contributed by atoms with Crippen LogP contribution in [0.25, 0.3) is 22.1 Å². The fraction of sp³-hybridized carbons (Fsp3) is 0.385. The molecule has 10 nitrogen and oxygen atoms in total. The Kier molecular flexibility index (Phi) is 6.46. The van der Waals surface area contributed by atoms with E-state index in [1.165, 1.54) is 22.3 Å². The molecule has 4 aromatic rings. The van der Waals surface area contributed by atoms with Gasteiger partial charge < -0.3 is 5.73 Å². The van der Waals surface area contributed by atoms with Gasteiger partial charge in [-0.05, 0) is 93.6 Å². The number of hydrogen-bond acceptors (Lipinski definition) is 6. The maximum Gasteiger partial charge on any atom is 0.145 e. The Morgan fingerprint density at radius 2 is 1.61 bits per heavy atom. The van der Waals surface area contributed by atoms with Crippen LogP contribution in [0.1, 0.15) is 35.1 Å². The van der Waals surface area contributed by atoms with Crippen LogP contribution < -0.4 is 21.8 Å². The van der Waals surface area contributed by atoms with Gasteiger partial charge in [-0.15, -0.1) is 0 Å². The summed E-state index contributed by atoms with van der Waals surface area (Å²) in [6.07, 6.45) is 4.92. The van der Waals surface area contributed by atoms with Crippen LogP contribution in [0.3, 0.4) is 0 Å². The third-order valence-corrected chi connectivity index (χ3v) is 7.12. The minimum atomic E-state index is -0.343. The summed E-state index contributed by atoms with van der Waals surface area (Å²) in [6.45, 7) is 9.69. The molecule has 1 saturated heterocycles. The van der Waals surface area contributed by atoms with Gasteiger partial charge in [-0.3, -0.25) is 21.5 Å². The minimum absolute atomic E-state index is 0.0473. The first-order chi connectivity index (χ1) is 17.3. The molecule has 3 heterocycles. The zero-order valence-corrected chi connectivity index (χ0v) is 21.3. The lowest BCUT2D eigenvalue weighted by atomic mass is 10.0. The highest BCUT2D eigenvalue weighted by Crippen LogP contribution is 2.20. The van der Waals surface area contributed by atoms with E-state index in [1.54, 1.807) is 22.0 Å². The number of nitrogens with two attached hydrogens (primary N) is 1. The van der Waals surface area contributed by atoms with E-state index in [1.807, 2.05) is 0 Å². The molecule has 10 heteroatoms. The number of nitrogens with zero attached hydrogens (tertiary/aromatic N) is 5. The van der Waals surface area contributed by atoms with Gasteiger partial charge in [0.15, 0.2) is 0 Å². The topological polar surface area (TPSA) is 134 Å². The van der Waals surface area contributed by atoms with Crippen LogP contribution in [-0.2, 0) is 0 Å². The van der Waals surface area contributed by atoms with Crippen molar-refractivity contribution in [2.75, 3.05) is 18.5 Å². The van der Waals surface area contributed by atoms with Crippen molar-refractivity contribution in [3.63, 3.8) is 0 Å². The maximum atomic E-state index is 8.70. The molecule has 1 fully saturated rings. The molecule has 2 unspecified atom stereocenters. The van der Waals surface area contributed by atoms with Gasteiger partial charge in [0, 0.05) is 12.5 Å². The van der Waals surface area contributed by atoms with Crippen molar-refractivity contribution in [3.05, 3.63) is 59.2 Å². The Bertz CT molecular complexity index is 1460. The smallest absolute Gasteiger partial charge is 0.145 e. The van der Waals surface area contributed by atoms with Crippen LogP contribution in [0.5, 0.6) is 0 Å². The fourth-order valence-corrected chi connectivity index (χ4v) is 4.57. The first kappa shape index (κ1) is 24.0. The van der Waals surface area contributed by atoms with Crippen LogP contribution in [-0.4, -0.2) is 50.2 Å². The second-order valence-electron chi connectivity index (χ2n) is 9.74. The fourth-order valence-electron chi connectivity index (χ4n) is 4.57. The molecule has 0 spiro atoms. The minimum Gasteiger partial charge on any atom is -0.385 e. The number of hydrogen-bond donors (Lipinski definition) is 5. The Balaban J connectivity index is 1.29. The lowest BCUT2D eigenvalue weighted by molar-refractivity contribution is 0.414. The van der Waals surface area contributed by atoms with Crippen LogP contribution in [0, 0.1) is 39.0 Å². The molecule has 1 aliphatic heterocycles. The van der Waals surface area contributed by atoms with Gasteiger partial charge in [0.05, 0.1) is 22.1 Å². The SMILES string of the molecule is Cc1cc2ncn(N=C(N)C3CCCNC(C(=N)Nn4cnc5cc(C)c(C)cc54)NC3)c2cc1C. The molecule has 0 aliphatic carbocycles. The van der Waals surface area contributed by atoms with Crippen LogP contribution >= 0.6 is 0 Å².